The molecule has 0 saturated carbocycles. The molecule has 1 aromatic heterocycles. The van der Waals surface area contributed by atoms with Gasteiger partial charge < -0.3 is 5.32 Å². The van der Waals surface area contributed by atoms with Crippen LogP contribution in [-0.4, -0.2) is 35.0 Å². The lowest BCUT2D eigenvalue weighted by atomic mass is 9.64. The summed E-state index contributed by atoms with van der Waals surface area (Å²) >= 11 is 0. The van der Waals surface area contributed by atoms with Gasteiger partial charge in [0, 0.05) is 30.8 Å². The number of nitrogens with one attached hydrogen (secondary N) is 1. The number of rotatable bonds is 4. The Balaban J connectivity index is 1.38. The molecule has 1 N–H and O–H groups in total. The summed E-state index contributed by atoms with van der Waals surface area (Å²) < 4.78 is 0. The Morgan fingerprint density at radius 3 is 2.47 bits per heavy atom. The van der Waals surface area contributed by atoms with Gasteiger partial charge in [-0.05, 0) is 61.0 Å². The van der Waals surface area contributed by atoms with E-state index in [-0.39, 0.29) is 5.41 Å². The lowest BCUT2D eigenvalue weighted by Gasteiger charge is -2.45. The van der Waals surface area contributed by atoms with Crippen molar-refractivity contribution >= 4 is 5.95 Å². The number of hydrogen-bond acceptors (Lipinski definition) is 4. The molecule has 2 aliphatic rings. The predicted octanol–water partition coefficient (Wildman–Crippen LogP) is 4.84. The van der Waals surface area contributed by atoms with Crippen molar-refractivity contribution < 1.29 is 0 Å². The highest BCUT2D eigenvalue weighted by Gasteiger charge is 2.41. The van der Waals surface area contributed by atoms with E-state index < -0.39 is 0 Å². The molecule has 1 aliphatic carbocycles. The van der Waals surface area contributed by atoms with E-state index in [1.165, 1.54) is 40.7 Å². The van der Waals surface area contributed by atoms with Crippen molar-refractivity contribution in [3.63, 3.8) is 0 Å². The minimum absolute atomic E-state index is 0.205. The molecule has 1 fully saturated rings. The normalized spacial score (nSPS) is 17.4. The third kappa shape index (κ3) is 3.39. The second-order valence-electron chi connectivity index (χ2n) is 8.77. The van der Waals surface area contributed by atoms with Crippen LogP contribution in [0.15, 0.2) is 54.7 Å². The van der Waals surface area contributed by atoms with E-state index in [9.17, 15) is 0 Å². The maximum absolute atomic E-state index is 4.80. The highest BCUT2D eigenvalue weighted by molar-refractivity contribution is 5.72. The first kappa shape index (κ1) is 19.3. The molecule has 154 valence electrons. The van der Waals surface area contributed by atoms with Crippen LogP contribution in [0.25, 0.3) is 11.3 Å². The van der Waals surface area contributed by atoms with Gasteiger partial charge in [-0.25, -0.2) is 9.97 Å². The first-order chi connectivity index (χ1) is 14.7. The van der Waals surface area contributed by atoms with E-state index in [2.05, 4.69) is 70.7 Å². The average Bonchev–Trinajstić information content (AvgIpc) is 2.81. The molecule has 4 nitrogen and oxygen atoms in total. The molecular weight excluding hydrogens is 368 g/mol. The molecule has 5 rings (SSSR count). The molecule has 3 aromatic rings. The van der Waals surface area contributed by atoms with Crippen molar-refractivity contribution in [2.24, 2.45) is 0 Å². The fraction of sp³-hybridized carbons (Fsp3) is 0.385. The molecule has 0 bridgehead atoms. The van der Waals surface area contributed by atoms with Crippen LogP contribution in [0, 0.1) is 0 Å². The summed E-state index contributed by atoms with van der Waals surface area (Å²) in [6.07, 6.45) is 6.55. The first-order valence-corrected chi connectivity index (χ1v) is 11.1. The third-order valence-corrected chi connectivity index (χ3v) is 7.02. The van der Waals surface area contributed by atoms with Crippen molar-refractivity contribution in [2.45, 2.75) is 44.6 Å². The second kappa shape index (κ2) is 7.84. The highest BCUT2D eigenvalue weighted by Crippen LogP contribution is 2.48. The number of aryl methyl sites for hydroxylation is 1. The SMILES string of the molecule is CCc1ccc(CN2CCC3(CC2)Cc2cnc(NC)nc2-c2ccccc23)cc1. The number of anilines is 1. The van der Waals surface area contributed by atoms with Crippen molar-refractivity contribution in [2.75, 3.05) is 25.5 Å². The lowest BCUT2D eigenvalue weighted by molar-refractivity contribution is 0.150. The van der Waals surface area contributed by atoms with Crippen LogP contribution in [0.3, 0.4) is 0 Å². The molecule has 2 aromatic carbocycles. The Morgan fingerprint density at radius 2 is 1.73 bits per heavy atom. The summed E-state index contributed by atoms with van der Waals surface area (Å²) in [5.74, 6) is 0.698. The number of likely N-dealkylation sites (tertiary alicyclic amines) is 1. The maximum atomic E-state index is 4.80. The van der Waals surface area contributed by atoms with Crippen LogP contribution >= 0.6 is 0 Å². The fourth-order valence-corrected chi connectivity index (χ4v) is 5.23. The Morgan fingerprint density at radius 1 is 1.00 bits per heavy atom. The zero-order chi connectivity index (χ0) is 20.6. The van der Waals surface area contributed by atoms with Gasteiger partial charge in [0.2, 0.25) is 5.95 Å². The molecular formula is C26H30N4. The van der Waals surface area contributed by atoms with Gasteiger partial charge in [-0.3, -0.25) is 4.90 Å². The fourth-order valence-electron chi connectivity index (χ4n) is 5.23. The molecule has 0 amide bonds. The molecule has 4 heteroatoms. The van der Waals surface area contributed by atoms with Gasteiger partial charge in [-0.1, -0.05) is 55.5 Å². The van der Waals surface area contributed by atoms with E-state index in [0.717, 1.165) is 38.2 Å². The molecule has 1 aliphatic heterocycles. The maximum Gasteiger partial charge on any atom is 0.222 e. The van der Waals surface area contributed by atoms with E-state index >= 15 is 0 Å². The van der Waals surface area contributed by atoms with Crippen LogP contribution in [0.4, 0.5) is 5.95 Å². The van der Waals surface area contributed by atoms with Crippen LogP contribution in [-0.2, 0) is 24.8 Å². The summed E-state index contributed by atoms with van der Waals surface area (Å²) in [4.78, 5) is 11.9. The quantitative estimate of drug-likeness (QED) is 0.683. The Bertz CT molecular complexity index is 1030. The number of hydrogen-bond donors (Lipinski definition) is 1. The molecule has 0 atom stereocenters. The Hall–Kier alpha value is -2.72. The first-order valence-electron chi connectivity index (χ1n) is 11.1. The highest BCUT2D eigenvalue weighted by atomic mass is 15.1. The molecule has 0 unspecified atom stereocenters. The molecule has 0 radical (unpaired) electrons. The van der Waals surface area contributed by atoms with Crippen molar-refractivity contribution in [3.05, 3.63) is 77.0 Å². The standard InChI is InChI=1S/C26H30N4/c1-3-19-8-10-20(11-9-19)18-30-14-12-26(13-15-30)16-21-17-28-25(27-2)29-24(21)22-6-4-5-7-23(22)26/h4-11,17H,3,12-16,18H2,1-2H3,(H,27,28,29). The minimum atomic E-state index is 0.205. The number of benzene rings is 2. The Kier molecular flexibility index (Phi) is 5.03. The Labute approximate surface area is 179 Å². The van der Waals surface area contributed by atoms with E-state index in [1.54, 1.807) is 0 Å². The zero-order valence-electron chi connectivity index (χ0n) is 18.0. The van der Waals surface area contributed by atoms with E-state index in [1.807, 2.05) is 13.2 Å². The molecule has 30 heavy (non-hydrogen) atoms. The summed E-state index contributed by atoms with van der Waals surface area (Å²) in [5.41, 5.74) is 8.20. The summed E-state index contributed by atoms with van der Waals surface area (Å²) in [6.45, 7) is 5.53. The topological polar surface area (TPSA) is 41.1 Å². The third-order valence-electron chi connectivity index (χ3n) is 7.02. The lowest BCUT2D eigenvalue weighted by Crippen LogP contribution is -2.45. The zero-order valence-corrected chi connectivity index (χ0v) is 18.0. The van der Waals surface area contributed by atoms with Crippen molar-refractivity contribution in [1.29, 1.82) is 0 Å². The van der Waals surface area contributed by atoms with Crippen LogP contribution < -0.4 is 5.32 Å². The van der Waals surface area contributed by atoms with Crippen molar-refractivity contribution in [3.8, 4) is 11.3 Å². The van der Waals surface area contributed by atoms with Gasteiger partial charge in [0.05, 0.1) is 5.69 Å². The molecule has 1 saturated heterocycles. The van der Waals surface area contributed by atoms with E-state index in [0.29, 0.717) is 5.95 Å². The molecule has 1 spiro atoms. The smallest absolute Gasteiger partial charge is 0.222 e. The van der Waals surface area contributed by atoms with E-state index in [4.69, 9.17) is 4.98 Å². The van der Waals surface area contributed by atoms with Gasteiger partial charge in [0.15, 0.2) is 0 Å². The number of piperidine rings is 1. The van der Waals surface area contributed by atoms with Crippen molar-refractivity contribution in [1.82, 2.24) is 14.9 Å². The van der Waals surface area contributed by atoms with Crippen LogP contribution in [0.1, 0.15) is 42.0 Å². The van der Waals surface area contributed by atoms with Gasteiger partial charge in [-0.15, -0.1) is 0 Å². The minimum Gasteiger partial charge on any atom is -0.357 e. The van der Waals surface area contributed by atoms with Gasteiger partial charge in [-0.2, -0.15) is 0 Å². The summed E-state index contributed by atoms with van der Waals surface area (Å²) in [6, 6.07) is 18.0. The number of fused-ring (bicyclic) bond motifs is 4. The van der Waals surface area contributed by atoms with Crippen LogP contribution in [0.2, 0.25) is 0 Å². The average molecular weight is 399 g/mol. The van der Waals surface area contributed by atoms with Crippen LogP contribution in [0.5, 0.6) is 0 Å². The summed E-state index contributed by atoms with van der Waals surface area (Å²) in [7, 11) is 1.88. The van der Waals surface area contributed by atoms with Gasteiger partial charge >= 0.3 is 0 Å². The predicted molar refractivity (Wildman–Crippen MR) is 123 cm³/mol. The van der Waals surface area contributed by atoms with Gasteiger partial charge in [0.1, 0.15) is 0 Å². The van der Waals surface area contributed by atoms with Gasteiger partial charge in [0.25, 0.3) is 0 Å². The second-order valence-corrected chi connectivity index (χ2v) is 8.77. The summed E-state index contributed by atoms with van der Waals surface area (Å²) in [5, 5.41) is 3.09. The monoisotopic (exact) mass is 398 g/mol. The largest absolute Gasteiger partial charge is 0.357 e. The number of nitrogens with zero attached hydrogens (tertiary/aromatic N) is 3. The molecule has 2 heterocycles. The number of aromatic nitrogens is 2.